The van der Waals surface area contributed by atoms with Gasteiger partial charge in [-0.2, -0.15) is 0 Å². The molecule has 1 aliphatic rings. The van der Waals surface area contributed by atoms with Crippen molar-refractivity contribution < 1.29 is 9.84 Å². The Morgan fingerprint density at radius 2 is 2.50 bits per heavy atom. The zero-order chi connectivity index (χ0) is 5.98. The maximum Gasteiger partial charge on any atom is 0.120 e. The smallest absolute Gasteiger partial charge is 0.120 e. The third-order valence-electron chi connectivity index (χ3n) is 1.37. The highest BCUT2D eigenvalue weighted by atomic mass is 16.5. The molecule has 0 aromatic carbocycles. The Labute approximate surface area is 48.8 Å². The zero-order valence-corrected chi connectivity index (χ0v) is 4.98. The molecule has 0 saturated heterocycles. The fourth-order valence-corrected chi connectivity index (χ4v) is 0.771. The number of aliphatic hydroxyl groups excluding tert-OH is 1. The Balaban J connectivity index is 2.58. The number of aliphatic hydroxyl groups is 1. The van der Waals surface area contributed by atoms with E-state index >= 15 is 0 Å². The van der Waals surface area contributed by atoms with Crippen molar-refractivity contribution >= 4 is 0 Å². The molecule has 0 amide bonds. The minimum Gasteiger partial charge on any atom is -0.495 e. The highest BCUT2D eigenvalue weighted by Gasteiger charge is 2.09. The molecule has 0 radical (unpaired) electrons. The van der Waals surface area contributed by atoms with Crippen molar-refractivity contribution in [2.45, 2.75) is 13.3 Å². The average molecular weight is 114 g/mol. The fraction of sp³-hybridized carbons (Fsp3) is 0.667. The first-order chi connectivity index (χ1) is 3.84. The van der Waals surface area contributed by atoms with Gasteiger partial charge in [0, 0.05) is 6.42 Å². The van der Waals surface area contributed by atoms with E-state index in [1.807, 2.05) is 6.92 Å². The Morgan fingerprint density at radius 1 is 1.75 bits per heavy atom. The van der Waals surface area contributed by atoms with Crippen molar-refractivity contribution in [3.8, 4) is 0 Å². The molecule has 0 aromatic heterocycles. The van der Waals surface area contributed by atoms with Gasteiger partial charge in [-0.15, -0.1) is 0 Å². The number of hydrogen-bond donors (Lipinski definition) is 1. The molecular formula is C6H10O2. The van der Waals surface area contributed by atoms with Gasteiger partial charge in [-0.3, -0.25) is 0 Å². The first-order valence-electron chi connectivity index (χ1n) is 2.77. The van der Waals surface area contributed by atoms with E-state index in [9.17, 15) is 0 Å². The van der Waals surface area contributed by atoms with Crippen LogP contribution in [-0.4, -0.2) is 18.3 Å². The predicted octanol–water partition coefficient (Wildman–Crippen LogP) is 0.673. The molecular weight excluding hydrogens is 104 g/mol. The van der Waals surface area contributed by atoms with Gasteiger partial charge < -0.3 is 9.84 Å². The highest BCUT2D eigenvalue weighted by molar-refractivity contribution is 5.09. The number of ether oxygens (including phenoxy) is 1. The number of rotatable bonds is 1. The predicted molar refractivity (Wildman–Crippen MR) is 30.4 cm³/mol. The van der Waals surface area contributed by atoms with E-state index in [1.165, 1.54) is 5.57 Å². The van der Waals surface area contributed by atoms with Crippen LogP contribution in [-0.2, 0) is 4.74 Å². The Bertz CT molecular complexity index is 116. The van der Waals surface area contributed by atoms with Crippen molar-refractivity contribution in [3.05, 3.63) is 11.3 Å². The van der Waals surface area contributed by atoms with Gasteiger partial charge in [0.05, 0.1) is 6.61 Å². The Morgan fingerprint density at radius 3 is 2.75 bits per heavy atom. The summed E-state index contributed by atoms with van der Waals surface area (Å²) < 4.78 is 5.04. The average Bonchev–Trinajstić information content (AvgIpc) is 2.14. The van der Waals surface area contributed by atoms with Crippen molar-refractivity contribution in [1.29, 1.82) is 0 Å². The van der Waals surface area contributed by atoms with Gasteiger partial charge in [0.15, 0.2) is 0 Å². The van der Waals surface area contributed by atoms with Crippen LogP contribution in [0.1, 0.15) is 13.3 Å². The zero-order valence-electron chi connectivity index (χ0n) is 4.98. The van der Waals surface area contributed by atoms with Crippen molar-refractivity contribution in [2.75, 3.05) is 13.2 Å². The molecule has 46 valence electrons. The van der Waals surface area contributed by atoms with Crippen molar-refractivity contribution in [1.82, 2.24) is 0 Å². The Hall–Kier alpha value is -0.500. The van der Waals surface area contributed by atoms with Gasteiger partial charge in [-0.05, 0) is 12.5 Å². The summed E-state index contributed by atoms with van der Waals surface area (Å²) in [5.41, 5.74) is 1.19. The maximum absolute atomic E-state index is 8.55. The second-order valence-electron chi connectivity index (χ2n) is 1.96. The molecule has 0 spiro atoms. The molecule has 0 unspecified atom stereocenters. The fourth-order valence-electron chi connectivity index (χ4n) is 0.771. The lowest BCUT2D eigenvalue weighted by molar-refractivity contribution is 0.185. The van der Waals surface area contributed by atoms with Gasteiger partial charge in [0.1, 0.15) is 12.4 Å². The van der Waals surface area contributed by atoms with Crippen molar-refractivity contribution in [2.24, 2.45) is 0 Å². The normalized spacial score (nSPS) is 19.2. The third kappa shape index (κ3) is 0.842. The third-order valence-corrected chi connectivity index (χ3v) is 1.37. The van der Waals surface area contributed by atoms with Gasteiger partial charge in [0.25, 0.3) is 0 Å². The summed E-state index contributed by atoms with van der Waals surface area (Å²) in [7, 11) is 0. The molecule has 2 nitrogen and oxygen atoms in total. The first kappa shape index (κ1) is 5.63. The van der Waals surface area contributed by atoms with Crippen LogP contribution in [0.25, 0.3) is 0 Å². The van der Waals surface area contributed by atoms with Crippen LogP contribution < -0.4 is 0 Å². The lowest BCUT2D eigenvalue weighted by Gasteiger charge is -1.96. The first-order valence-corrected chi connectivity index (χ1v) is 2.77. The van der Waals surface area contributed by atoms with E-state index in [0.29, 0.717) is 0 Å². The van der Waals surface area contributed by atoms with Crippen molar-refractivity contribution in [3.63, 3.8) is 0 Å². The lowest BCUT2D eigenvalue weighted by Crippen LogP contribution is -1.90. The molecule has 0 bridgehead atoms. The second-order valence-corrected chi connectivity index (χ2v) is 1.96. The summed E-state index contributed by atoms with van der Waals surface area (Å²) in [5, 5.41) is 8.55. The standard InChI is InChI=1S/C6H10O2/c1-5-2-3-8-6(5)4-7/h7H,2-4H2,1H3. The van der Waals surface area contributed by atoms with E-state index in [4.69, 9.17) is 9.84 Å². The molecule has 2 heteroatoms. The summed E-state index contributed by atoms with van der Waals surface area (Å²) in [6.07, 6.45) is 0.982. The van der Waals surface area contributed by atoms with Crippen LogP contribution in [0.2, 0.25) is 0 Å². The van der Waals surface area contributed by atoms with Gasteiger partial charge >= 0.3 is 0 Å². The summed E-state index contributed by atoms with van der Waals surface area (Å²) >= 11 is 0. The quantitative estimate of drug-likeness (QED) is 0.543. The molecule has 1 rings (SSSR count). The van der Waals surface area contributed by atoms with Gasteiger partial charge in [-0.1, -0.05) is 0 Å². The minimum atomic E-state index is 0.0613. The molecule has 1 heterocycles. The van der Waals surface area contributed by atoms with E-state index in [-0.39, 0.29) is 6.61 Å². The molecule has 0 fully saturated rings. The SMILES string of the molecule is CC1=C(CO)OCC1. The number of hydrogen-bond acceptors (Lipinski definition) is 2. The van der Waals surface area contributed by atoms with Crippen LogP contribution in [0.4, 0.5) is 0 Å². The molecule has 1 N–H and O–H groups in total. The summed E-state index contributed by atoms with van der Waals surface area (Å²) in [5.74, 6) is 0.769. The molecule has 0 aromatic rings. The maximum atomic E-state index is 8.55. The summed E-state index contributed by atoms with van der Waals surface area (Å²) in [4.78, 5) is 0. The topological polar surface area (TPSA) is 29.5 Å². The summed E-state index contributed by atoms with van der Waals surface area (Å²) in [6, 6.07) is 0. The van der Waals surface area contributed by atoms with E-state index < -0.39 is 0 Å². The van der Waals surface area contributed by atoms with Gasteiger partial charge in [-0.25, -0.2) is 0 Å². The monoisotopic (exact) mass is 114 g/mol. The largest absolute Gasteiger partial charge is 0.495 e. The molecule has 0 atom stereocenters. The lowest BCUT2D eigenvalue weighted by atomic mass is 10.2. The van der Waals surface area contributed by atoms with E-state index in [0.717, 1.165) is 18.8 Å². The second kappa shape index (κ2) is 2.18. The molecule has 8 heavy (non-hydrogen) atoms. The highest BCUT2D eigenvalue weighted by Crippen LogP contribution is 2.16. The van der Waals surface area contributed by atoms with Crippen LogP contribution in [0, 0.1) is 0 Å². The van der Waals surface area contributed by atoms with Crippen LogP contribution >= 0.6 is 0 Å². The Kier molecular flexibility index (Phi) is 1.53. The molecule has 1 aliphatic heterocycles. The van der Waals surface area contributed by atoms with E-state index in [1.54, 1.807) is 0 Å². The summed E-state index contributed by atoms with van der Waals surface area (Å²) in [6.45, 7) is 2.80. The van der Waals surface area contributed by atoms with Crippen LogP contribution in [0.15, 0.2) is 11.3 Å². The van der Waals surface area contributed by atoms with Crippen LogP contribution in [0.3, 0.4) is 0 Å². The molecule has 0 aliphatic carbocycles. The molecule has 0 saturated carbocycles. The minimum absolute atomic E-state index is 0.0613. The van der Waals surface area contributed by atoms with Gasteiger partial charge in [0.2, 0.25) is 0 Å². The van der Waals surface area contributed by atoms with Crippen LogP contribution in [0.5, 0.6) is 0 Å². The van der Waals surface area contributed by atoms with E-state index in [2.05, 4.69) is 0 Å².